The van der Waals surface area contributed by atoms with Crippen LogP contribution in [0.25, 0.3) is 0 Å². The van der Waals surface area contributed by atoms with Crippen molar-refractivity contribution in [3.63, 3.8) is 0 Å². The number of esters is 1. The van der Waals surface area contributed by atoms with Crippen LogP contribution < -0.4 is 15.8 Å². The molecule has 4 aromatic rings. The third-order valence-corrected chi connectivity index (χ3v) is 8.60. The second-order valence-electron chi connectivity index (χ2n) is 11.7. The van der Waals surface area contributed by atoms with E-state index in [1.807, 2.05) is 30.3 Å². The second-order valence-corrected chi connectivity index (χ2v) is 12.4. The van der Waals surface area contributed by atoms with Crippen molar-refractivity contribution in [2.45, 2.75) is 36.9 Å². The number of rotatable bonds is 18. The lowest BCUT2D eigenvalue weighted by atomic mass is 9.72. The van der Waals surface area contributed by atoms with E-state index in [1.54, 1.807) is 89.8 Å². The van der Waals surface area contributed by atoms with Crippen molar-refractivity contribution in [3.05, 3.63) is 138 Å². The molecule has 10 nitrogen and oxygen atoms in total. The molecule has 0 spiro atoms. The first-order valence-electron chi connectivity index (χ1n) is 15.9. The Morgan fingerprint density at radius 3 is 1.88 bits per heavy atom. The normalized spacial score (nSPS) is 13.4. The standard InChI is InChI=1S/C38H39Cl2N3O7/c39-19-21-43(22-20-40)38(34(41)45,31-16-10-15-30(23-31)24-33(44)49-26-29-13-6-2-7-14-29)27-37(35(46)47,25-28-11-4-1-5-12-28)42-36(48)50-32-17-8-3-9-18-32/h1-18,23H,19-22,24-27H2,(H2,41,45)(H,42,48)(H,46,47)/t37-,38?/m0/s1. The summed E-state index contributed by atoms with van der Waals surface area (Å²) in [5.74, 6) is -2.59. The van der Waals surface area contributed by atoms with E-state index in [0.717, 1.165) is 5.56 Å². The number of carboxylic acid groups (broad SMARTS) is 1. The molecule has 0 aliphatic heterocycles. The highest BCUT2D eigenvalue weighted by atomic mass is 35.5. The predicted molar refractivity (Wildman–Crippen MR) is 191 cm³/mol. The van der Waals surface area contributed by atoms with Gasteiger partial charge in [0.25, 0.3) is 0 Å². The number of para-hydroxylation sites is 1. The van der Waals surface area contributed by atoms with E-state index >= 15 is 0 Å². The molecule has 4 N–H and O–H groups in total. The molecule has 4 aromatic carbocycles. The third kappa shape index (κ3) is 9.84. The maximum Gasteiger partial charge on any atom is 0.413 e. The third-order valence-electron chi connectivity index (χ3n) is 8.26. The van der Waals surface area contributed by atoms with Crippen molar-refractivity contribution in [1.29, 1.82) is 0 Å². The number of ether oxygens (including phenoxy) is 2. The van der Waals surface area contributed by atoms with Crippen molar-refractivity contribution in [3.8, 4) is 5.75 Å². The summed E-state index contributed by atoms with van der Waals surface area (Å²) in [4.78, 5) is 55.5. The first-order chi connectivity index (χ1) is 24.1. The smallest absolute Gasteiger partial charge is 0.413 e. The number of carbonyl (C=O) groups excluding carboxylic acids is 3. The summed E-state index contributed by atoms with van der Waals surface area (Å²) in [6.07, 6.45) is -2.00. The van der Waals surface area contributed by atoms with Crippen LogP contribution in [0.4, 0.5) is 4.79 Å². The molecule has 1 unspecified atom stereocenters. The van der Waals surface area contributed by atoms with Gasteiger partial charge in [-0.15, -0.1) is 23.2 Å². The summed E-state index contributed by atoms with van der Waals surface area (Å²) in [6, 6.07) is 32.6. The highest BCUT2D eigenvalue weighted by Gasteiger charge is 2.54. The van der Waals surface area contributed by atoms with Crippen LogP contribution in [-0.2, 0) is 44.1 Å². The minimum atomic E-state index is -2.16. The molecule has 0 aromatic heterocycles. The number of carbonyl (C=O) groups is 4. The molecule has 2 amide bonds. The van der Waals surface area contributed by atoms with Crippen LogP contribution in [0.1, 0.15) is 28.7 Å². The van der Waals surface area contributed by atoms with Crippen molar-refractivity contribution >= 4 is 47.1 Å². The van der Waals surface area contributed by atoms with Crippen molar-refractivity contribution in [2.24, 2.45) is 5.73 Å². The first-order valence-corrected chi connectivity index (χ1v) is 17.0. The number of amides is 2. The molecule has 0 bridgehead atoms. The predicted octanol–water partition coefficient (Wildman–Crippen LogP) is 5.68. The van der Waals surface area contributed by atoms with E-state index in [2.05, 4.69) is 5.32 Å². The number of hydrogen-bond donors (Lipinski definition) is 3. The molecule has 4 rings (SSSR count). The number of nitrogens with two attached hydrogens (primary N) is 1. The Labute approximate surface area is 301 Å². The van der Waals surface area contributed by atoms with Gasteiger partial charge in [-0.25, -0.2) is 9.59 Å². The lowest BCUT2D eigenvalue weighted by molar-refractivity contribution is -0.148. The molecule has 0 aliphatic rings. The van der Waals surface area contributed by atoms with E-state index in [4.69, 9.17) is 38.4 Å². The molecule has 2 atom stereocenters. The van der Waals surface area contributed by atoms with E-state index in [0.29, 0.717) is 11.1 Å². The molecule has 50 heavy (non-hydrogen) atoms. The van der Waals surface area contributed by atoms with Gasteiger partial charge in [0.2, 0.25) is 5.91 Å². The number of aliphatic carboxylic acids is 1. The molecule has 12 heteroatoms. The fourth-order valence-corrected chi connectivity index (χ4v) is 6.33. The number of benzene rings is 4. The lowest BCUT2D eigenvalue weighted by Crippen LogP contribution is -2.66. The number of primary amides is 1. The Morgan fingerprint density at radius 1 is 0.760 bits per heavy atom. The van der Waals surface area contributed by atoms with Crippen molar-refractivity contribution < 1.29 is 33.8 Å². The van der Waals surface area contributed by atoms with Crippen LogP contribution >= 0.6 is 23.2 Å². The topological polar surface area (TPSA) is 148 Å². The molecular formula is C38H39Cl2N3O7. The highest BCUT2D eigenvalue weighted by molar-refractivity contribution is 6.18. The molecule has 0 aliphatic carbocycles. The number of nitrogens with zero attached hydrogens (tertiary/aromatic N) is 1. The number of alkyl halides is 2. The van der Waals surface area contributed by atoms with Crippen LogP contribution in [0, 0.1) is 0 Å². The maximum atomic E-state index is 14.0. The van der Waals surface area contributed by atoms with Gasteiger partial charge in [0.15, 0.2) is 0 Å². The van der Waals surface area contributed by atoms with Gasteiger partial charge < -0.3 is 25.6 Å². The summed E-state index contributed by atoms with van der Waals surface area (Å²) < 4.78 is 11.0. The molecule has 0 radical (unpaired) electrons. The average Bonchev–Trinajstić information content (AvgIpc) is 3.11. The molecule has 0 saturated carbocycles. The van der Waals surface area contributed by atoms with Gasteiger partial charge in [-0.1, -0.05) is 103 Å². The Kier molecular flexibility index (Phi) is 13.8. The Bertz CT molecular complexity index is 1720. The minimum Gasteiger partial charge on any atom is -0.479 e. The summed E-state index contributed by atoms with van der Waals surface area (Å²) in [5, 5.41) is 13.6. The maximum absolute atomic E-state index is 14.0. The fraction of sp³-hybridized carbons (Fsp3) is 0.263. The quantitative estimate of drug-likeness (QED) is 0.0880. The van der Waals surface area contributed by atoms with Gasteiger partial charge in [-0.05, 0) is 34.4 Å². The van der Waals surface area contributed by atoms with Gasteiger partial charge in [0, 0.05) is 37.7 Å². The SMILES string of the molecule is NC(=O)C(C[C@](Cc1ccccc1)(NC(=O)Oc1ccccc1)C(=O)O)(c1cccc(CC(=O)OCc2ccccc2)c1)N(CCCl)CCCl. The molecule has 0 saturated heterocycles. The average molecular weight is 721 g/mol. The first kappa shape index (κ1) is 37.9. The molecule has 262 valence electrons. The van der Waals surface area contributed by atoms with Crippen LogP contribution in [0.3, 0.4) is 0 Å². The van der Waals surface area contributed by atoms with Gasteiger partial charge in [-0.3, -0.25) is 14.5 Å². The number of hydrogen-bond acceptors (Lipinski definition) is 7. The van der Waals surface area contributed by atoms with Crippen LogP contribution in [0.2, 0.25) is 0 Å². The summed E-state index contributed by atoms with van der Waals surface area (Å²) in [7, 11) is 0. The van der Waals surface area contributed by atoms with Crippen LogP contribution in [-0.4, -0.2) is 64.3 Å². The largest absolute Gasteiger partial charge is 0.479 e. The monoisotopic (exact) mass is 719 g/mol. The Morgan fingerprint density at radius 2 is 1.32 bits per heavy atom. The van der Waals surface area contributed by atoms with Gasteiger partial charge in [-0.2, -0.15) is 0 Å². The zero-order valence-corrected chi connectivity index (χ0v) is 28.8. The Hall–Kier alpha value is -4.90. The van der Waals surface area contributed by atoms with Crippen LogP contribution in [0.5, 0.6) is 5.75 Å². The van der Waals surface area contributed by atoms with E-state index in [-0.39, 0.29) is 55.6 Å². The lowest BCUT2D eigenvalue weighted by Gasteiger charge is -2.46. The molecule has 0 fully saturated rings. The summed E-state index contributed by atoms with van der Waals surface area (Å²) >= 11 is 12.5. The zero-order valence-electron chi connectivity index (χ0n) is 27.3. The molecular weight excluding hydrogens is 681 g/mol. The van der Waals surface area contributed by atoms with Gasteiger partial charge >= 0.3 is 18.0 Å². The molecule has 0 heterocycles. The number of halogens is 2. The number of nitrogens with one attached hydrogen (secondary N) is 1. The van der Waals surface area contributed by atoms with Crippen LogP contribution in [0.15, 0.2) is 115 Å². The summed E-state index contributed by atoms with van der Waals surface area (Å²) in [5.41, 5.74) is 4.38. The fourth-order valence-electron chi connectivity index (χ4n) is 5.93. The van der Waals surface area contributed by atoms with Gasteiger partial charge in [0.1, 0.15) is 23.4 Å². The van der Waals surface area contributed by atoms with E-state index in [1.165, 1.54) is 0 Å². The summed E-state index contributed by atoms with van der Waals surface area (Å²) in [6.45, 7) is 0.237. The minimum absolute atomic E-state index is 0.0413. The highest BCUT2D eigenvalue weighted by Crippen LogP contribution is 2.39. The van der Waals surface area contributed by atoms with Gasteiger partial charge in [0.05, 0.1) is 6.42 Å². The van der Waals surface area contributed by atoms with E-state index < -0.39 is 41.4 Å². The van der Waals surface area contributed by atoms with Crippen molar-refractivity contribution in [1.82, 2.24) is 10.2 Å². The second kappa shape index (κ2) is 18.2. The number of carboxylic acids is 1. The van der Waals surface area contributed by atoms with Crippen molar-refractivity contribution in [2.75, 3.05) is 24.8 Å². The Balaban J connectivity index is 1.81. The van der Waals surface area contributed by atoms with E-state index in [9.17, 15) is 24.3 Å². The zero-order chi connectivity index (χ0) is 36.0.